The van der Waals surface area contributed by atoms with Crippen LogP contribution in [-0.2, 0) is 0 Å². The van der Waals surface area contributed by atoms with Gasteiger partial charge < -0.3 is 25.1 Å². The van der Waals surface area contributed by atoms with Gasteiger partial charge in [-0.05, 0) is 17.8 Å². The first kappa shape index (κ1) is 14.0. The second kappa shape index (κ2) is 5.24. The van der Waals surface area contributed by atoms with Gasteiger partial charge >= 0.3 is 0 Å². The predicted molar refractivity (Wildman–Crippen MR) is 89.3 cm³/mol. The average molecular weight is 329 g/mol. The van der Waals surface area contributed by atoms with Crippen LogP contribution in [0.1, 0.15) is 0 Å². The summed E-state index contributed by atoms with van der Waals surface area (Å²) in [6, 6.07) is 5.80. The standard InChI is InChI=1S/C15H15N5O2S/c1-20(2)9-5-10-11(22-7-21-10)6-12(9)23-15-18-8-3-4-17-14(16)13(8)19-15/h3-6H,7H2,1-2H3,(H2,16,17)(H,18,19). The molecular weight excluding hydrogens is 314 g/mol. The van der Waals surface area contributed by atoms with Crippen LogP contribution in [0.15, 0.2) is 34.4 Å². The molecule has 1 aliphatic heterocycles. The monoisotopic (exact) mass is 329 g/mol. The smallest absolute Gasteiger partial charge is 0.231 e. The van der Waals surface area contributed by atoms with Crippen molar-refractivity contribution in [1.29, 1.82) is 0 Å². The van der Waals surface area contributed by atoms with Crippen LogP contribution < -0.4 is 20.1 Å². The topological polar surface area (TPSA) is 89.3 Å². The van der Waals surface area contributed by atoms with E-state index in [0.717, 1.165) is 32.8 Å². The van der Waals surface area contributed by atoms with Crippen LogP contribution >= 0.6 is 11.8 Å². The Bertz CT molecular complexity index is 893. The van der Waals surface area contributed by atoms with Crippen molar-refractivity contribution < 1.29 is 9.47 Å². The number of benzene rings is 1. The summed E-state index contributed by atoms with van der Waals surface area (Å²) >= 11 is 1.52. The zero-order chi connectivity index (χ0) is 16.0. The highest BCUT2D eigenvalue weighted by Crippen LogP contribution is 2.43. The fourth-order valence-electron chi connectivity index (χ4n) is 2.43. The number of pyridine rings is 1. The van der Waals surface area contributed by atoms with E-state index < -0.39 is 0 Å². The van der Waals surface area contributed by atoms with E-state index in [1.807, 2.05) is 37.2 Å². The molecule has 2 aromatic heterocycles. The summed E-state index contributed by atoms with van der Waals surface area (Å²) < 4.78 is 10.9. The normalized spacial score (nSPS) is 12.8. The molecular formula is C15H15N5O2S. The number of nitrogens with zero attached hydrogens (tertiary/aromatic N) is 3. The molecule has 0 aliphatic carbocycles. The number of hydrogen-bond acceptors (Lipinski definition) is 7. The van der Waals surface area contributed by atoms with E-state index in [4.69, 9.17) is 15.2 Å². The van der Waals surface area contributed by atoms with Gasteiger partial charge in [0.1, 0.15) is 5.52 Å². The SMILES string of the molecule is CN(C)c1cc2c(cc1Sc1nc3c(N)nccc3[nH]1)OCO2. The summed E-state index contributed by atoms with van der Waals surface area (Å²) in [4.78, 5) is 14.9. The van der Waals surface area contributed by atoms with Gasteiger partial charge in [0, 0.05) is 37.3 Å². The molecule has 3 heterocycles. The van der Waals surface area contributed by atoms with Crippen LogP contribution in [0, 0.1) is 0 Å². The lowest BCUT2D eigenvalue weighted by Gasteiger charge is -2.17. The van der Waals surface area contributed by atoms with Gasteiger partial charge in [-0.3, -0.25) is 0 Å². The lowest BCUT2D eigenvalue weighted by atomic mass is 10.2. The van der Waals surface area contributed by atoms with Gasteiger partial charge in [-0.2, -0.15) is 0 Å². The lowest BCUT2D eigenvalue weighted by molar-refractivity contribution is 0.174. The first-order valence-corrected chi connectivity index (χ1v) is 7.82. The molecule has 23 heavy (non-hydrogen) atoms. The minimum absolute atomic E-state index is 0.253. The number of ether oxygens (including phenoxy) is 2. The van der Waals surface area contributed by atoms with Crippen molar-refractivity contribution >= 4 is 34.3 Å². The molecule has 0 saturated heterocycles. The largest absolute Gasteiger partial charge is 0.454 e. The van der Waals surface area contributed by atoms with Crippen molar-refractivity contribution in [2.45, 2.75) is 10.1 Å². The Hall–Kier alpha value is -2.61. The molecule has 0 radical (unpaired) electrons. The van der Waals surface area contributed by atoms with Gasteiger partial charge in [0.05, 0.1) is 11.2 Å². The second-order valence-corrected chi connectivity index (χ2v) is 6.33. The van der Waals surface area contributed by atoms with Crippen molar-refractivity contribution in [1.82, 2.24) is 15.0 Å². The number of aromatic amines is 1. The van der Waals surface area contributed by atoms with Crippen LogP contribution in [-0.4, -0.2) is 35.8 Å². The van der Waals surface area contributed by atoms with E-state index in [-0.39, 0.29) is 6.79 Å². The van der Waals surface area contributed by atoms with Crippen molar-refractivity contribution in [2.24, 2.45) is 0 Å². The van der Waals surface area contributed by atoms with Gasteiger partial charge in [-0.15, -0.1) is 0 Å². The quantitative estimate of drug-likeness (QED) is 0.763. The van der Waals surface area contributed by atoms with Gasteiger partial charge in [-0.25, -0.2) is 9.97 Å². The van der Waals surface area contributed by atoms with Crippen molar-refractivity contribution in [3.63, 3.8) is 0 Å². The molecule has 0 fully saturated rings. The molecule has 0 bridgehead atoms. The molecule has 0 spiro atoms. The molecule has 0 saturated carbocycles. The number of fused-ring (bicyclic) bond motifs is 2. The number of aromatic nitrogens is 3. The minimum atomic E-state index is 0.253. The van der Waals surface area contributed by atoms with E-state index in [1.54, 1.807) is 6.20 Å². The maximum absolute atomic E-state index is 5.87. The van der Waals surface area contributed by atoms with Crippen molar-refractivity contribution in [3.05, 3.63) is 24.4 Å². The van der Waals surface area contributed by atoms with Crippen LogP contribution in [0.3, 0.4) is 0 Å². The minimum Gasteiger partial charge on any atom is -0.454 e. The highest BCUT2D eigenvalue weighted by atomic mass is 32.2. The second-order valence-electron chi connectivity index (χ2n) is 5.30. The summed E-state index contributed by atoms with van der Waals surface area (Å²) in [6.45, 7) is 0.253. The van der Waals surface area contributed by atoms with Crippen molar-refractivity contribution in [3.8, 4) is 11.5 Å². The summed E-state index contributed by atoms with van der Waals surface area (Å²) in [5, 5.41) is 0.752. The molecule has 1 aromatic carbocycles. The zero-order valence-corrected chi connectivity index (χ0v) is 13.5. The third-order valence-corrected chi connectivity index (χ3v) is 4.48. The van der Waals surface area contributed by atoms with E-state index >= 15 is 0 Å². The fourth-order valence-corrected chi connectivity index (χ4v) is 3.45. The number of imidazole rings is 1. The highest BCUT2D eigenvalue weighted by molar-refractivity contribution is 7.99. The molecule has 1 aliphatic rings. The third kappa shape index (κ3) is 2.40. The Morgan fingerprint density at radius 2 is 2.04 bits per heavy atom. The Morgan fingerprint density at radius 1 is 1.26 bits per heavy atom. The summed E-state index contributed by atoms with van der Waals surface area (Å²) in [7, 11) is 3.98. The van der Waals surface area contributed by atoms with Crippen LogP contribution in [0.5, 0.6) is 11.5 Å². The molecule has 4 rings (SSSR count). The highest BCUT2D eigenvalue weighted by Gasteiger charge is 2.20. The number of anilines is 2. The van der Waals surface area contributed by atoms with E-state index in [9.17, 15) is 0 Å². The molecule has 3 aromatic rings. The summed E-state index contributed by atoms with van der Waals surface area (Å²) in [5.74, 6) is 1.93. The van der Waals surface area contributed by atoms with E-state index in [1.165, 1.54) is 11.8 Å². The predicted octanol–water partition coefficient (Wildman–Crippen LogP) is 2.49. The van der Waals surface area contributed by atoms with Gasteiger partial charge in [0.15, 0.2) is 22.5 Å². The maximum Gasteiger partial charge on any atom is 0.231 e. The molecule has 7 nitrogen and oxygen atoms in total. The molecule has 0 amide bonds. The summed E-state index contributed by atoms with van der Waals surface area (Å²) in [5.41, 5.74) is 8.45. The lowest BCUT2D eigenvalue weighted by Crippen LogP contribution is -2.09. The Balaban J connectivity index is 1.76. The van der Waals surface area contributed by atoms with Gasteiger partial charge in [0.25, 0.3) is 0 Å². The molecule has 0 unspecified atom stereocenters. The van der Waals surface area contributed by atoms with E-state index in [0.29, 0.717) is 11.3 Å². The molecule has 118 valence electrons. The number of H-pyrrole nitrogens is 1. The van der Waals surface area contributed by atoms with E-state index in [2.05, 4.69) is 15.0 Å². The average Bonchev–Trinajstić information content (AvgIpc) is 3.12. The molecule has 0 atom stereocenters. The Labute approximate surface area is 136 Å². The first-order chi connectivity index (χ1) is 11.1. The maximum atomic E-state index is 5.87. The van der Waals surface area contributed by atoms with Gasteiger partial charge in [-0.1, -0.05) is 0 Å². The molecule has 8 heteroatoms. The van der Waals surface area contributed by atoms with Crippen LogP contribution in [0.25, 0.3) is 11.0 Å². The molecule has 3 N–H and O–H groups in total. The Morgan fingerprint density at radius 3 is 2.78 bits per heavy atom. The number of nitrogens with two attached hydrogens (primary N) is 1. The van der Waals surface area contributed by atoms with Gasteiger partial charge in [0.2, 0.25) is 6.79 Å². The number of hydrogen-bond donors (Lipinski definition) is 2. The zero-order valence-electron chi connectivity index (χ0n) is 12.7. The Kier molecular flexibility index (Phi) is 3.19. The number of rotatable bonds is 3. The number of nitrogen functional groups attached to an aromatic ring is 1. The van der Waals surface area contributed by atoms with Crippen LogP contribution in [0.2, 0.25) is 0 Å². The third-order valence-electron chi connectivity index (χ3n) is 3.55. The fraction of sp³-hybridized carbons (Fsp3) is 0.200. The van der Waals surface area contributed by atoms with Crippen LogP contribution in [0.4, 0.5) is 11.5 Å². The first-order valence-electron chi connectivity index (χ1n) is 7.01. The summed E-state index contributed by atoms with van der Waals surface area (Å²) in [6.07, 6.45) is 1.66. The number of nitrogens with one attached hydrogen (secondary N) is 1. The van der Waals surface area contributed by atoms with Crippen molar-refractivity contribution in [2.75, 3.05) is 31.5 Å².